The molecule has 1 fully saturated rings. The quantitative estimate of drug-likeness (QED) is 0.831. The third-order valence-corrected chi connectivity index (χ3v) is 4.13. The molecule has 0 aromatic carbocycles. The normalized spacial score (nSPS) is 15.1. The summed E-state index contributed by atoms with van der Waals surface area (Å²) >= 11 is 1.80. The van der Waals surface area contributed by atoms with Crippen molar-refractivity contribution in [2.45, 2.75) is 32.4 Å². The Bertz CT molecular complexity index is 473. The van der Waals surface area contributed by atoms with E-state index in [9.17, 15) is 0 Å². The first-order valence-corrected chi connectivity index (χ1v) is 7.40. The fraction of sp³-hybridized carbons (Fsp3) is 0.538. The molecule has 0 radical (unpaired) electrons. The van der Waals surface area contributed by atoms with Gasteiger partial charge in [0.1, 0.15) is 0 Å². The summed E-state index contributed by atoms with van der Waals surface area (Å²) in [7, 11) is 0. The molecule has 1 N–H and O–H groups in total. The van der Waals surface area contributed by atoms with Gasteiger partial charge in [0.25, 0.3) is 0 Å². The van der Waals surface area contributed by atoms with Gasteiger partial charge in [0.05, 0.1) is 5.69 Å². The zero-order valence-corrected chi connectivity index (χ0v) is 11.2. The fourth-order valence-electron chi connectivity index (χ4n) is 1.93. The van der Waals surface area contributed by atoms with E-state index in [1.807, 2.05) is 10.9 Å². The molecule has 4 nitrogen and oxygen atoms in total. The average Bonchev–Trinajstić information content (AvgIpc) is 2.90. The topological polar surface area (TPSA) is 42.7 Å². The summed E-state index contributed by atoms with van der Waals surface area (Å²) in [5.41, 5.74) is 1.04. The van der Waals surface area contributed by atoms with Crippen molar-refractivity contribution in [1.82, 2.24) is 20.3 Å². The van der Waals surface area contributed by atoms with Crippen molar-refractivity contribution in [2.24, 2.45) is 5.92 Å². The van der Waals surface area contributed by atoms with Crippen molar-refractivity contribution < 1.29 is 0 Å². The van der Waals surface area contributed by atoms with E-state index in [2.05, 4.69) is 33.1 Å². The van der Waals surface area contributed by atoms with Crippen LogP contribution in [-0.4, -0.2) is 21.5 Å². The molecular weight excluding hydrogens is 244 g/mol. The van der Waals surface area contributed by atoms with Gasteiger partial charge in [-0.2, -0.15) is 0 Å². The molecule has 0 bridgehead atoms. The van der Waals surface area contributed by atoms with E-state index in [4.69, 9.17) is 0 Å². The van der Waals surface area contributed by atoms with Crippen molar-refractivity contribution in [3.63, 3.8) is 0 Å². The Hall–Kier alpha value is -1.20. The van der Waals surface area contributed by atoms with Crippen molar-refractivity contribution in [3.8, 4) is 0 Å². The van der Waals surface area contributed by atoms with Crippen LogP contribution in [0, 0.1) is 5.92 Å². The second-order valence-electron chi connectivity index (χ2n) is 4.88. The highest BCUT2D eigenvalue weighted by Gasteiger charge is 2.20. The Balaban J connectivity index is 1.43. The molecule has 18 heavy (non-hydrogen) atoms. The minimum atomic E-state index is 0.843. The predicted molar refractivity (Wildman–Crippen MR) is 72.5 cm³/mol. The van der Waals surface area contributed by atoms with E-state index in [0.29, 0.717) is 0 Å². The van der Waals surface area contributed by atoms with Gasteiger partial charge >= 0.3 is 0 Å². The second kappa shape index (κ2) is 5.63. The monoisotopic (exact) mass is 262 g/mol. The molecule has 1 aliphatic carbocycles. The third kappa shape index (κ3) is 3.40. The zero-order valence-electron chi connectivity index (χ0n) is 10.4. The molecule has 5 heteroatoms. The first kappa shape index (κ1) is 11.9. The Labute approximate surface area is 111 Å². The van der Waals surface area contributed by atoms with Crippen LogP contribution in [0.5, 0.6) is 0 Å². The Morgan fingerprint density at radius 3 is 3.17 bits per heavy atom. The highest BCUT2D eigenvalue weighted by Crippen LogP contribution is 2.27. The van der Waals surface area contributed by atoms with Gasteiger partial charge in [-0.25, -0.2) is 0 Å². The molecule has 0 amide bonds. The maximum Gasteiger partial charge on any atom is 0.0964 e. The van der Waals surface area contributed by atoms with Gasteiger partial charge in [0.2, 0.25) is 0 Å². The molecule has 2 aromatic rings. The van der Waals surface area contributed by atoms with E-state index in [0.717, 1.165) is 37.7 Å². The van der Waals surface area contributed by atoms with Crippen LogP contribution in [0.1, 0.15) is 23.4 Å². The number of nitrogens with zero attached hydrogens (tertiary/aromatic N) is 3. The smallest absolute Gasteiger partial charge is 0.0964 e. The fourth-order valence-corrected chi connectivity index (χ4v) is 2.63. The van der Waals surface area contributed by atoms with Gasteiger partial charge in [0.15, 0.2) is 0 Å². The molecule has 0 aliphatic heterocycles. The van der Waals surface area contributed by atoms with Crippen LogP contribution in [0.25, 0.3) is 0 Å². The maximum atomic E-state index is 4.19. The van der Waals surface area contributed by atoms with E-state index in [1.165, 1.54) is 17.7 Å². The van der Waals surface area contributed by atoms with Crippen LogP contribution in [0.2, 0.25) is 0 Å². The van der Waals surface area contributed by atoms with Crippen molar-refractivity contribution in [2.75, 3.05) is 6.54 Å². The van der Waals surface area contributed by atoms with Gasteiger partial charge in [-0.15, -0.1) is 16.4 Å². The molecule has 2 heterocycles. The van der Waals surface area contributed by atoms with E-state index < -0.39 is 0 Å². The lowest BCUT2D eigenvalue weighted by Gasteiger charge is -1.99. The lowest BCUT2D eigenvalue weighted by atomic mass is 10.3. The first-order valence-electron chi connectivity index (χ1n) is 6.52. The van der Waals surface area contributed by atoms with Gasteiger partial charge in [-0.3, -0.25) is 4.68 Å². The van der Waals surface area contributed by atoms with Crippen LogP contribution in [0.15, 0.2) is 23.7 Å². The summed E-state index contributed by atoms with van der Waals surface area (Å²) in [6.07, 6.45) is 5.87. The van der Waals surface area contributed by atoms with Gasteiger partial charge < -0.3 is 5.32 Å². The molecule has 2 aromatic heterocycles. The summed E-state index contributed by atoms with van der Waals surface area (Å²) in [6.45, 7) is 2.88. The van der Waals surface area contributed by atoms with Crippen molar-refractivity contribution >= 4 is 11.3 Å². The standard InChI is InChI=1S/C13H18N4S/c1-2-13(18-7-1)5-6-17-10-12(15-16-17)9-14-8-11-3-4-11/h1-2,7,10-11,14H,3-6,8-9H2. The largest absolute Gasteiger partial charge is 0.311 e. The number of hydrogen-bond donors (Lipinski definition) is 1. The second-order valence-corrected chi connectivity index (χ2v) is 5.91. The van der Waals surface area contributed by atoms with E-state index in [-0.39, 0.29) is 0 Å². The van der Waals surface area contributed by atoms with Gasteiger partial charge in [-0.05, 0) is 36.8 Å². The first-order chi connectivity index (χ1) is 8.90. The minimum Gasteiger partial charge on any atom is -0.311 e. The summed E-state index contributed by atoms with van der Waals surface area (Å²) in [4.78, 5) is 1.40. The molecule has 0 atom stereocenters. The van der Waals surface area contributed by atoms with E-state index in [1.54, 1.807) is 11.3 Å². The molecule has 3 rings (SSSR count). The van der Waals surface area contributed by atoms with Crippen LogP contribution in [-0.2, 0) is 19.5 Å². The van der Waals surface area contributed by atoms with Crippen LogP contribution in [0.4, 0.5) is 0 Å². The molecule has 0 saturated heterocycles. The number of thiophene rings is 1. The molecule has 96 valence electrons. The predicted octanol–water partition coefficient (Wildman–Crippen LogP) is 2.08. The summed E-state index contributed by atoms with van der Waals surface area (Å²) in [6, 6.07) is 4.26. The minimum absolute atomic E-state index is 0.843. The molecule has 1 saturated carbocycles. The Kier molecular flexibility index (Phi) is 3.71. The highest BCUT2D eigenvalue weighted by molar-refractivity contribution is 7.09. The average molecular weight is 262 g/mol. The van der Waals surface area contributed by atoms with Crippen molar-refractivity contribution in [3.05, 3.63) is 34.3 Å². The van der Waals surface area contributed by atoms with Crippen molar-refractivity contribution in [1.29, 1.82) is 0 Å². The Morgan fingerprint density at radius 2 is 2.39 bits per heavy atom. The lowest BCUT2D eigenvalue weighted by molar-refractivity contribution is 0.591. The van der Waals surface area contributed by atoms with Crippen LogP contribution >= 0.6 is 11.3 Å². The van der Waals surface area contributed by atoms with Gasteiger partial charge in [0, 0.05) is 30.6 Å². The van der Waals surface area contributed by atoms with Gasteiger partial charge in [-0.1, -0.05) is 11.3 Å². The summed E-state index contributed by atoms with van der Waals surface area (Å²) in [5, 5.41) is 13.9. The molecule has 0 unspecified atom stereocenters. The number of hydrogen-bond acceptors (Lipinski definition) is 4. The number of aromatic nitrogens is 3. The number of rotatable bonds is 7. The number of nitrogens with one attached hydrogen (secondary N) is 1. The van der Waals surface area contributed by atoms with Crippen LogP contribution in [0.3, 0.4) is 0 Å². The third-order valence-electron chi connectivity index (χ3n) is 3.19. The maximum absolute atomic E-state index is 4.19. The SMILES string of the molecule is c1csc(CCn2cc(CNCC3CC3)nn2)c1. The highest BCUT2D eigenvalue weighted by atomic mass is 32.1. The number of aryl methyl sites for hydroxylation is 2. The zero-order chi connectivity index (χ0) is 12.2. The molecular formula is C13H18N4S. The van der Waals surface area contributed by atoms with E-state index >= 15 is 0 Å². The molecule has 0 spiro atoms. The summed E-state index contributed by atoms with van der Waals surface area (Å²) < 4.78 is 1.94. The summed E-state index contributed by atoms with van der Waals surface area (Å²) in [5.74, 6) is 0.916. The Morgan fingerprint density at radius 1 is 1.44 bits per heavy atom. The lowest BCUT2D eigenvalue weighted by Crippen LogP contribution is -2.16. The molecule has 1 aliphatic rings. The van der Waals surface area contributed by atoms with Crippen LogP contribution < -0.4 is 5.32 Å².